The molecule has 0 aliphatic carbocycles. The number of pyridine rings is 1. The van der Waals surface area contributed by atoms with E-state index in [1.807, 2.05) is 0 Å². The Balaban J connectivity index is 3.27. The fraction of sp³-hybridized carbons (Fsp3) is 0.444. The second kappa shape index (κ2) is 4.56. The van der Waals surface area contributed by atoms with Crippen LogP contribution < -0.4 is 5.56 Å². The highest BCUT2D eigenvalue weighted by atomic mass is 19.4. The molecule has 0 aliphatic rings. The minimum absolute atomic E-state index is 0.0201. The number of rotatable bonds is 3. The Kier molecular flexibility index (Phi) is 3.58. The molecule has 0 atom stereocenters. The summed E-state index contributed by atoms with van der Waals surface area (Å²) in [5.74, 6) is -0.703. The molecule has 1 aromatic heterocycles. The lowest BCUT2D eigenvalue weighted by atomic mass is 10.3. The maximum Gasteiger partial charge on any atom is 0.431 e. The van der Waals surface area contributed by atoms with Crippen LogP contribution in [0.3, 0.4) is 0 Å². The number of nitrogens with zero attached hydrogens (tertiary/aromatic N) is 1. The van der Waals surface area contributed by atoms with Crippen LogP contribution in [0.2, 0.25) is 0 Å². The molecule has 1 aromatic rings. The molecule has 90 valence electrons. The van der Waals surface area contributed by atoms with Crippen molar-refractivity contribution in [2.45, 2.75) is 12.7 Å². The summed E-state index contributed by atoms with van der Waals surface area (Å²) in [7, 11) is 1.32. The van der Waals surface area contributed by atoms with Crippen LogP contribution >= 0.6 is 0 Å². The molecule has 1 rings (SSSR count). The summed E-state index contributed by atoms with van der Waals surface area (Å²) in [6.45, 7) is -0.238. The highest BCUT2D eigenvalue weighted by Gasteiger charge is 2.34. The summed E-state index contributed by atoms with van der Waals surface area (Å²) in [5.41, 5.74) is -2.10. The molecular formula is C9H10F3NO3. The van der Waals surface area contributed by atoms with Crippen molar-refractivity contribution in [3.8, 4) is 5.75 Å². The van der Waals surface area contributed by atoms with E-state index in [9.17, 15) is 18.0 Å². The van der Waals surface area contributed by atoms with Gasteiger partial charge in [0, 0.05) is 25.8 Å². The van der Waals surface area contributed by atoms with Gasteiger partial charge in [-0.2, -0.15) is 13.2 Å². The molecule has 0 unspecified atom stereocenters. The molecule has 0 saturated carbocycles. The van der Waals surface area contributed by atoms with Gasteiger partial charge in [0.15, 0.2) is 0 Å². The van der Waals surface area contributed by atoms with Gasteiger partial charge < -0.3 is 14.4 Å². The van der Waals surface area contributed by atoms with Crippen molar-refractivity contribution in [1.82, 2.24) is 4.57 Å². The normalized spacial score (nSPS) is 11.8. The Hall–Kier alpha value is -1.50. The van der Waals surface area contributed by atoms with Crippen LogP contribution in [0.15, 0.2) is 16.9 Å². The van der Waals surface area contributed by atoms with E-state index in [0.29, 0.717) is 10.6 Å². The topological polar surface area (TPSA) is 51.5 Å². The van der Waals surface area contributed by atoms with Crippen LogP contribution in [-0.4, -0.2) is 23.4 Å². The molecule has 4 nitrogen and oxygen atoms in total. The number of alkyl halides is 3. The SMILES string of the molecule is COCCn1c(C(F)(F)F)cc(O)cc1=O. The second-order valence-corrected chi connectivity index (χ2v) is 3.08. The number of methoxy groups -OCH3 is 1. The van der Waals surface area contributed by atoms with Gasteiger partial charge in [-0.1, -0.05) is 0 Å². The molecule has 0 aliphatic heterocycles. The summed E-state index contributed by atoms with van der Waals surface area (Å²) in [4.78, 5) is 11.3. The zero-order valence-electron chi connectivity index (χ0n) is 8.41. The zero-order valence-corrected chi connectivity index (χ0v) is 8.41. The highest BCUT2D eigenvalue weighted by Crippen LogP contribution is 2.30. The molecule has 0 aromatic carbocycles. The van der Waals surface area contributed by atoms with Gasteiger partial charge in [0.1, 0.15) is 11.4 Å². The van der Waals surface area contributed by atoms with Crippen LogP contribution in [0.25, 0.3) is 0 Å². The minimum Gasteiger partial charge on any atom is -0.508 e. The number of aromatic hydroxyl groups is 1. The van der Waals surface area contributed by atoms with E-state index in [1.54, 1.807) is 0 Å². The molecular weight excluding hydrogens is 227 g/mol. The molecule has 0 saturated heterocycles. The molecule has 0 spiro atoms. The third kappa shape index (κ3) is 2.75. The fourth-order valence-electron chi connectivity index (χ4n) is 1.23. The van der Waals surface area contributed by atoms with Gasteiger partial charge >= 0.3 is 6.18 Å². The minimum atomic E-state index is -4.69. The van der Waals surface area contributed by atoms with Crippen LogP contribution in [-0.2, 0) is 17.5 Å². The maximum atomic E-state index is 12.5. The smallest absolute Gasteiger partial charge is 0.431 e. The van der Waals surface area contributed by atoms with Crippen molar-refractivity contribution in [2.24, 2.45) is 0 Å². The van der Waals surface area contributed by atoms with E-state index in [0.717, 1.165) is 6.07 Å². The zero-order chi connectivity index (χ0) is 12.3. The quantitative estimate of drug-likeness (QED) is 0.859. The van der Waals surface area contributed by atoms with Crippen molar-refractivity contribution < 1.29 is 23.0 Å². The fourth-order valence-corrected chi connectivity index (χ4v) is 1.23. The van der Waals surface area contributed by atoms with Crippen molar-refractivity contribution in [2.75, 3.05) is 13.7 Å². The van der Waals surface area contributed by atoms with Crippen molar-refractivity contribution in [3.05, 3.63) is 28.2 Å². The van der Waals surface area contributed by atoms with Gasteiger partial charge in [0.05, 0.1) is 6.61 Å². The molecule has 0 bridgehead atoms. The van der Waals surface area contributed by atoms with Gasteiger partial charge in [-0.3, -0.25) is 4.79 Å². The first-order valence-corrected chi connectivity index (χ1v) is 4.36. The molecule has 0 amide bonds. The first kappa shape index (κ1) is 12.6. The number of hydrogen-bond donors (Lipinski definition) is 1. The summed E-state index contributed by atoms with van der Waals surface area (Å²) in [6.07, 6.45) is -4.69. The van der Waals surface area contributed by atoms with E-state index in [-0.39, 0.29) is 13.2 Å². The van der Waals surface area contributed by atoms with E-state index >= 15 is 0 Å². The largest absolute Gasteiger partial charge is 0.508 e. The maximum absolute atomic E-state index is 12.5. The average Bonchev–Trinajstić information content (AvgIpc) is 2.14. The lowest BCUT2D eigenvalue weighted by Crippen LogP contribution is -2.28. The first-order chi connectivity index (χ1) is 7.36. The summed E-state index contributed by atoms with van der Waals surface area (Å²) >= 11 is 0. The predicted octanol–water partition coefficient (Wildman–Crippen LogP) is 1.22. The summed E-state index contributed by atoms with van der Waals surface area (Å²) in [5, 5.41) is 8.96. The van der Waals surface area contributed by atoms with Crippen molar-refractivity contribution >= 4 is 0 Å². The molecule has 1 heterocycles. The third-order valence-corrected chi connectivity index (χ3v) is 1.92. The lowest BCUT2D eigenvalue weighted by Gasteiger charge is -2.14. The van der Waals surface area contributed by atoms with Crippen LogP contribution in [0, 0.1) is 0 Å². The van der Waals surface area contributed by atoms with Crippen LogP contribution in [0.4, 0.5) is 13.2 Å². The number of hydrogen-bond acceptors (Lipinski definition) is 3. The van der Waals surface area contributed by atoms with Crippen molar-refractivity contribution in [3.63, 3.8) is 0 Å². The third-order valence-electron chi connectivity index (χ3n) is 1.92. The van der Waals surface area contributed by atoms with Gasteiger partial charge in [-0.05, 0) is 0 Å². The standard InChI is InChI=1S/C9H10F3NO3/c1-16-3-2-13-7(9(10,11)12)4-6(14)5-8(13)15/h4-5,14H,2-3H2,1H3. The number of ether oxygens (including phenoxy) is 1. The Bertz CT molecular complexity index is 425. The van der Waals surface area contributed by atoms with Gasteiger partial charge in [-0.15, -0.1) is 0 Å². The van der Waals surface area contributed by atoms with E-state index < -0.39 is 23.2 Å². The number of halogens is 3. The monoisotopic (exact) mass is 237 g/mol. The van der Waals surface area contributed by atoms with Crippen LogP contribution in [0.5, 0.6) is 5.75 Å². The summed E-state index contributed by atoms with van der Waals surface area (Å²) < 4.78 is 42.7. The Morgan fingerprint density at radius 1 is 1.44 bits per heavy atom. The highest BCUT2D eigenvalue weighted by molar-refractivity contribution is 5.24. The van der Waals surface area contributed by atoms with Gasteiger partial charge in [0.25, 0.3) is 5.56 Å². The second-order valence-electron chi connectivity index (χ2n) is 3.08. The van der Waals surface area contributed by atoms with Gasteiger partial charge in [-0.25, -0.2) is 0 Å². The molecule has 0 fully saturated rings. The molecule has 1 N–H and O–H groups in total. The van der Waals surface area contributed by atoms with Crippen molar-refractivity contribution in [1.29, 1.82) is 0 Å². The predicted molar refractivity (Wildman–Crippen MR) is 49.2 cm³/mol. The average molecular weight is 237 g/mol. The van der Waals surface area contributed by atoms with E-state index in [4.69, 9.17) is 5.11 Å². The van der Waals surface area contributed by atoms with Crippen LogP contribution in [0.1, 0.15) is 5.69 Å². The van der Waals surface area contributed by atoms with Gasteiger partial charge in [0.2, 0.25) is 0 Å². The molecule has 0 radical (unpaired) electrons. The Morgan fingerprint density at radius 3 is 2.56 bits per heavy atom. The Morgan fingerprint density at radius 2 is 2.06 bits per heavy atom. The Labute approximate surface area is 88.9 Å². The number of aromatic nitrogens is 1. The van der Waals surface area contributed by atoms with E-state index in [2.05, 4.69) is 4.74 Å². The summed E-state index contributed by atoms with van der Waals surface area (Å²) in [6, 6.07) is 1.24. The van der Waals surface area contributed by atoms with E-state index in [1.165, 1.54) is 7.11 Å². The molecule has 16 heavy (non-hydrogen) atoms. The molecule has 7 heteroatoms. The first-order valence-electron chi connectivity index (χ1n) is 4.36. The lowest BCUT2D eigenvalue weighted by molar-refractivity contribution is -0.144.